The first-order valence-corrected chi connectivity index (χ1v) is 7.97. The summed E-state index contributed by atoms with van der Waals surface area (Å²) in [6.07, 6.45) is 0. The number of halogens is 1. The SMILES string of the molecule is Cc1ccc(C(N=O)c2ccc(Nc3ccccc3C)cc2Cl)o1. The van der Waals surface area contributed by atoms with E-state index in [9.17, 15) is 4.91 Å². The Balaban J connectivity index is 1.89. The molecule has 1 aromatic heterocycles. The van der Waals surface area contributed by atoms with E-state index in [0.29, 0.717) is 16.3 Å². The van der Waals surface area contributed by atoms with Gasteiger partial charge in [-0.15, -0.1) is 4.91 Å². The summed E-state index contributed by atoms with van der Waals surface area (Å²) in [5, 5.41) is 6.97. The highest BCUT2D eigenvalue weighted by Gasteiger charge is 2.21. The lowest BCUT2D eigenvalue weighted by Gasteiger charge is -2.13. The van der Waals surface area contributed by atoms with Gasteiger partial charge in [0, 0.05) is 22.0 Å². The third kappa shape index (κ3) is 3.34. The molecular weight excluding hydrogens is 324 g/mol. The second-order valence-electron chi connectivity index (χ2n) is 5.63. The predicted octanol–water partition coefficient (Wildman–Crippen LogP) is 6.15. The minimum Gasteiger partial charge on any atom is -0.464 e. The van der Waals surface area contributed by atoms with Gasteiger partial charge in [-0.1, -0.05) is 41.0 Å². The molecule has 0 saturated heterocycles. The van der Waals surface area contributed by atoms with Crippen molar-refractivity contribution in [2.75, 3.05) is 5.32 Å². The van der Waals surface area contributed by atoms with Crippen molar-refractivity contribution < 1.29 is 4.42 Å². The van der Waals surface area contributed by atoms with E-state index in [2.05, 4.69) is 10.5 Å². The molecule has 0 spiro atoms. The molecule has 0 amide bonds. The quantitative estimate of drug-likeness (QED) is 0.567. The van der Waals surface area contributed by atoms with Crippen LogP contribution in [0.1, 0.15) is 28.7 Å². The molecule has 0 aliphatic rings. The smallest absolute Gasteiger partial charge is 0.176 e. The number of nitrogens with one attached hydrogen (secondary N) is 1. The van der Waals surface area contributed by atoms with Crippen molar-refractivity contribution in [3.05, 3.63) is 87.2 Å². The van der Waals surface area contributed by atoms with Crippen molar-refractivity contribution in [2.45, 2.75) is 19.9 Å². The maximum atomic E-state index is 11.3. The molecular formula is C19H17ClN2O2. The van der Waals surface area contributed by atoms with Crippen LogP contribution in [-0.4, -0.2) is 0 Å². The second kappa shape index (κ2) is 6.89. The van der Waals surface area contributed by atoms with Gasteiger partial charge in [0.25, 0.3) is 0 Å². The lowest BCUT2D eigenvalue weighted by atomic mass is 10.0. The Bertz CT molecular complexity index is 873. The highest BCUT2D eigenvalue weighted by Crippen LogP contribution is 2.34. The van der Waals surface area contributed by atoms with Gasteiger partial charge < -0.3 is 9.73 Å². The number of furan rings is 1. The largest absolute Gasteiger partial charge is 0.464 e. The van der Waals surface area contributed by atoms with Gasteiger partial charge >= 0.3 is 0 Å². The molecule has 3 aromatic rings. The molecule has 4 nitrogen and oxygen atoms in total. The fourth-order valence-electron chi connectivity index (χ4n) is 2.56. The Hall–Kier alpha value is -2.59. The van der Waals surface area contributed by atoms with Crippen LogP contribution in [0.15, 0.2) is 64.2 Å². The van der Waals surface area contributed by atoms with Crippen LogP contribution in [0.3, 0.4) is 0 Å². The number of aryl methyl sites for hydroxylation is 2. The number of rotatable bonds is 5. The maximum absolute atomic E-state index is 11.3. The Kier molecular flexibility index (Phi) is 4.67. The number of para-hydroxylation sites is 1. The molecule has 2 aromatic carbocycles. The second-order valence-corrected chi connectivity index (χ2v) is 6.04. The van der Waals surface area contributed by atoms with Crippen molar-refractivity contribution in [3.8, 4) is 0 Å². The van der Waals surface area contributed by atoms with Crippen LogP contribution >= 0.6 is 11.6 Å². The first-order valence-electron chi connectivity index (χ1n) is 7.59. The molecule has 1 unspecified atom stereocenters. The van der Waals surface area contributed by atoms with Crippen LogP contribution < -0.4 is 5.32 Å². The zero-order chi connectivity index (χ0) is 17.1. The fraction of sp³-hybridized carbons (Fsp3) is 0.158. The van der Waals surface area contributed by atoms with Crippen LogP contribution in [-0.2, 0) is 0 Å². The number of nitrogens with zero attached hydrogens (tertiary/aromatic N) is 1. The summed E-state index contributed by atoms with van der Waals surface area (Å²) < 4.78 is 5.52. The van der Waals surface area contributed by atoms with E-state index < -0.39 is 6.04 Å². The number of hydrogen-bond acceptors (Lipinski definition) is 4. The van der Waals surface area contributed by atoms with Gasteiger partial charge in [-0.3, -0.25) is 0 Å². The Morgan fingerprint density at radius 2 is 1.88 bits per heavy atom. The molecule has 3 rings (SSSR count). The molecule has 1 N–H and O–H groups in total. The van der Waals surface area contributed by atoms with E-state index in [0.717, 1.165) is 22.7 Å². The number of hydrogen-bond donors (Lipinski definition) is 1. The Morgan fingerprint density at radius 1 is 1.08 bits per heavy atom. The van der Waals surface area contributed by atoms with Crippen LogP contribution in [0.2, 0.25) is 5.02 Å². The first kappa shape index (κ1) is 16.3. The lowest BCUT2D eigenvalue weighted by Crippen LogP contribution is -1.99. The molecule has 0 radical (unpaired) electrons. The molecule has 0 bridgehead atoms. The van der Waals surface area contributed by atoms with Crippen LogP contribution in [0.5, 0.6) is 0 Å². The van der Waals surface area contributed by atoms with Crippen molar-refractivity contribution in [1.29, 1.82) is 0 Å². The summed E-state index contributed by atoms with van der Waals surface area (Å²) >= 11 is 6.39. The highest BCUT2D eigenvalue weighted by molar-refractivity contribution is 6.31. The van der Waals surface area contributed by atoms with E-state index in [1.165, 1.54) is 0 Å². The van der Waals surface area contributed by atoms with Crippen LogP contribution in [0.25, 0.3) is 0 Å². The number of nitroso groups, excluding NO2 is 1. The third-order valence-corrected chi connectivity index (χ3v) is 4.18. The monoisotopic (exact) mass is 340 g/mol. The molecule has 0 fully saturated rings. The van der Waals surface area contributed by atoms with Gasteiger partial charge in [0.2, 0.25) is 0 Å². The topological polar surface area (TPSA) is 54.6 Å². The average Bonchev–Trinajstić information content (AvgIpc) is 2.98. The summed E-state index contributed by atoms with van der Waals surface area (Å²) in [6.45, 7) is 3.85. The minimum absolute atomic E-state index is 0.465. The third-order valence-electron chi connectivity index (χ3n) is 3.86. The van der Waals surface area contributed by atoms with Crippen molar-refractivity contribution in [2.24, 2.45) is 5.18 Å². The van der Waals surface area contributed by atoms with Crippen molar-refractivity contribution >= 4 is 23.0 Å². The molecule has 1 heterocycles. The molecule has 1 atom stereocenters. The average molecular weight is 341 g/mol. The van der Waals surface area contributed by atoms with Gasteiger partial charge in [-0.05, 0) is 49.7 Å². The van der Waals surface area contributed by atoms with Crippen LogP contribution in [0.4, 0.5) is 11.4 Å². The fourth-order valence-corrected chi connectivity index (χ4v) is 2.84. The van der Waals surface area contributed by atoms with E-state index in [-0.39, 0.29) is 0 Å². The number of anilines is 2. The summed E-state index contributed by atoms with van der Waals surface area (Å²) in [4.78, 5) is 11.3. The predicted molar refractivity (Wildman–Crippen MR) is 97.0 cm³/mol. The molecule has 0 saturated carbocycles. The highest BCUT2D eigenvalue weighted by atomic mass is 35.5. The zero-order valence-electron chi connectivity index (χ0n) is 13.4. The van der Waals surface area contributed by atoms with Gasteiger partial charge in [0.1, 0.15) is 11.5 Å². The molecule has 122 valence electrons. The van der Waals surface area contributed by atoms with Crippen molar-refractivity contribution in [3.63, 3.8) is 0 Å². The van der Waals surface area contributed by atoms with Crippen molar-refractivity contribution in [1.82, 2.24) is 0 Å². The summed E-state index contributed by atoms with van der Waals surface area (Å²) in [5.41, 5.74) is 3.61. The van der Waals surface area contributed by atoms with E-state index >= 15 is 0 Å². The normalized spacial score (nSPS) is 12.0. The summed E-state index contributed by atoms with van der Waals surface area (Å²) in [6, 6.07) is 16.2. The van der Waals surface area contributed by atoms with Gasteiger partial charge in [0.05, 0.1) is 0 Å². The number of benzene rings is 2. The van der Waals surface area contributed by atoms with E-state index in [1.807, 2.05) is 44.2 Å². The lowest BCUT2D eigenvalue weighted by molar-refractivity contribution is 0.466. The van der Waals surface area contributed by atoms with E-state index in [1.54, 1.807) is 24.3 Å². The summed E-state index contributed by atoms with van der Waals surface area (Å²) in [7, 11) is 0. The van der Waals surface area contributed by atoms with E-state index in [4.69, 9.17) is 16.0 Å². The molecule has 0 aliphatic heterocycles. The Morgan fingerprint density at radius 3 is 2.50 bits per heavy atom. The van der Waals surface area contributed by atoms with Gasteiger partial charge in [-0.2, -0.15) is 0 Å². The minimum atomic E-state index is -0.751. The maximum Gasteiger partial charge on any atom is 0.176 e. The molecule has 24 heavy (non-hydrogen) atoms. The Labute approximate surface area is 145 Å². The molecule has 5 heteroatoms. The summed E-state index contributed by atoms with van der Waals surface area (Å²) in [5.74, 6) is 1.22. The van der Waals surface area contributed by atoms with Gasteiger partial charge in [0.15, 0.2) is 6.04 Å². The zero-order valence-corrected chi connectivity index (χ0v) is 14.2. The van der Waals surface area contributed by atoms with Crippen LogP contribution in [0, 0.1) is 18.8 Å². The first-order chi connectivity index (χ1) is 11.6. The van der Waals surface area contributed by atoms with Gasteiger partial charge in [-0.25, -0.2) is 0 Å². The molecule has 0 aliphatic carbocycles. The standard InChI is InChI=1S/C19H17ClN2O2/c1-12-5-3-4-6-17(12)21-14-8-9-15(16(20)11-14)19(22-23)18-10-7-13(2)24-18/h3-11,19,21H,1-2H3.